The van der Waals surface area contributed by atoms with Gasteiger partial charge in [-0.05, 0) is 30.2 Å². The van der Waals surface area contributed by atoms with Crippen LogP contribution >= 0.6 is 0 Å². The number of ketones is 1. The second-order valence-corrected chi connectivity index (χ2v) is 8.33. The molecule has 1 heterocycles. The Kier molecular flexibility index (Phi) is 9.02. The third-order valence-electron chi connectivity index (χ3n) is 5.35. The maximum Gasteiger partial charge on any atom is 0.422 e. The number of carbonyl (C=O) groups is 3. The van der Waals surface area contributed by atoms with E-state index in [9.17, 15) is 45.8 Å². The van der Waals surface area contributed by atoms with Gasteiger partial charge in [0.15, 0.2) is 12.4 Å². The molecule has 0 unspecified atom stereocenters. The van der Waals surface area contributed by atoms with Gasteiger partial charge in [0.2, 0.25) is 5.91 Å². The maximum atomic E-state index is 13.5. The summed E-state index contributed by atoms with van der Waals surface area (Å²) in [5.74, 6) is -3.18. The molecule has 2 N–H and O–H groups in total. The number of halogens is 6. The lowest BCUT2D eigenvalue weighted by Crippen LogP contribution is -2.30. The summed E-state index contributed by atoms with van der Waals surface area (Å²) in [6, 6.07) is 10.3. The Labute approximate surface area is 223 Å². The molecule has 0 aliphatic carbocycles. The van der Waals surface area contributed by atoms with E-state index in [4.69, 9.17) is 0 Å². The van der Waals surface area contributed by atoms with Crippen molar-refractivity contribution in [3.63, 3.8) is 0 Å². The highest BCUT2D eigenvalue weighted by molar-refractivity contribution is 6.12. The second kappa shape index (κ2) is 12.1. The molecule has 0 fully saturated rings. The zero-order chi connectivity index (χ0) is 29.7. The molecule has 0 aliphatic rings. The molecular formula is C26H20F6N3O5-. The first-order chi connectivity index (χ1) is 18.7. The van der Waals surface area contributed by atoms with Gasteiger partial charge in [0.25, 0.3) is 0 Å². The van der Waals surface area contributed by atoms with Crippen LogP contribution in [0, 0.1) is 0 Å². The van der Waals surface area contributed by atoms with Gasteiger partial charge in [-0.2, -0.15) is 26.3 Å². The van der Waals surface area contributed by atoms with Crippen molar-refractivity contribution in [2.45, 2.75) is 32.1 Å². The average Bonchev–Trinajstić information content (AvgIpc) is 2.87. The van der Waals surface area contributed by atoms with Gasteiger partial charge >= 0.3 is 12.4 Å². The van der Waals surface area contributed by atoms with Gasteiger partial charge in [-0.25, -0.2) is 0 Å². The molecule has 0 spiro atoms. The van der Waals surface area contributed by atoms with Crippen LogP contribution in [0.4, 0.5) is 42.5 Å². The Morgan fingerprint density at radius 1 is 0.925 bits per heavy atom. The zero-order valence-corrected chi connectivity index (χ0v) is 20.6. The molecule has 14 heteroatoms. The molecule has 0 saturated carbocycles. The van der Waals surface area contributed by atoms with Crippen LogP contribution in [-0.2, 0) is 17.4 Å². The fraction of sp³-hybridized carbons (Fsp3) is 0.231. The van der Waals surface area contributed by atoms with Gasteiger partial charge in [-0.3, -0.25) is 14.6 Å². The van der Waals surface area contributed by atoms with E-state index in [1.165, 1.54) is 12.1 Å². The van der Waals surface area contributed by atoms with Crippen molar-refractivity contribution in [1.82, 2.24) is 4.98 Å². The Balaban J connectivity index is 1.85. The minimum atomic E-state index is -5.25. The lowest BCUT2D eigenvalue weighted by molar-refractivity contribution is -0.242. The van der Waals surface area contributed by atoms with Crippen LogP contribution in [0.5, 0.6) is 5.75 Å². The number of hydrogen-bond donors (Lipinski definition) is 2. The topological polar surface area (TPSA) is 120 Å². The molecule has 0 aliphatic heterocycles. The average molecular weight is 568 g/mol. The van der Waals surface area contributed by atoms with E-state index < -0.39 is 65.9 Å². The molecule has 2 amide bonds. The smallest absolute Gasteiger partial charge is 0.422 e. The number of carboxylic acid groups (broad SMARTS) is 1. The van der Waals surface area contributed by atoms with Gasteiger partial charge in [0, 0.05) is 29.1 Å². The van der Waals surface area contributed by atoms with Crippen LogP contribution in [-0.4, -0.2) is 35.6 Å². The van der Waals surface area contributed by atoms with Crippen molar-refractivity contribution < 1.29 is 50.6 Å². The fourth-order valence-electron chi connectivity index (χ4n) is 3.52. The SMILES string of the molecule is CCc1ccc(-c2cccc(C(=O)CC(=O)Nc3cc(C(F)(F)F)c(OCC(F)(F)F)cc3NC(=O)[O-])c2)cn1. The van der Waals surface area contributed by atoms with Gasteiger partial charge in [-0.15, -0.1) is 0 Å². The summed E-state index contributed by atoms with van der Waals surface area (Å²) in [5, 5.41) is 14.6. The van der Waals surface area contributed by atoms with Gasteiger partial charge in [0.1, 0.15) is 11.8 Å². The summed E-state index contributed by atoms with van der Waals surface area (Å²) < 4.78 is 82.5. The number of nitrogens with one attached hydrogen (secondary N) is 2. The monoisotopic (exact) mass is 568 g/mol. The van der Waals surface area contributed by atoms with Crippen LogP contribution < -0.4 is 20.5 Å². The maximum absolute atomic E-state index is 13.5. The lowest BCUT2D eigenvalue weighted by Gasteiger charge is -2.20. The van der Waals surface area contributed by atoms with Crippen molar-refractivity contribution in [2.24, 2.45) is 0 Å². The van der Waals surface area contributed by atoms with Crippen LogP contribution in [0.25, 0.3) is 11.1 Å². The number of aryl methyl sites for hydroxylation is 1. The number of ether oxygens (including phenoxy) is 1. The molecule has 3 rings (SSSR count). The lowest BCUT2D eigenvalue weighted by atomic mass is 10.0. The molecule has 0 saturated heterocycles. The number of anilines is 2. The second-order valence-electron chi connectivity index (χ2n) is 8.33. The number of Topliss-reactive ketones (excluding diaryl/α,β-unsaturated/α-hetero) is 1. The summed E-state index contributed by atoms with van der Waals surface area (Å²) >= 11 is 0. The number of alkyl halides is 6. The standard InChI is InChI=1S/C26H21F6N3O5/c1-2-17-7-6-16(12-33-17)14-4-3-5-15(8-14)21(36)11-23(37)34-19-9-18(26(30,31)32)22(40-13-25(27,28)29)10-20(19)35-24(38)39/h3-10,12,35H,2,11,13H2,1H3,(H,34,37)(H,38,39)/p-1. The predicted octanol–water partition coefficient (Wildman–Crippen LogP) is 5.24. The highest BCUT2D eigenvalue weighted by Gasteiger charge is 2.37. The summed E-state index contributed by atoms with van der Waals surface area (Å²) in [6.07, 6.45) is -10.8. The predicted molar refractivity (Wildman–Crippen MR) is 129 cm³/mol. The number of aromatic nitrogens is 1. The number of carbonyl (C=O) groups excluding carboxylic acids is 3. The van der Waals surface area contributed by atoms with Crippen molar-refractivity contribution in [2.75, 3.05) is 17.2 Å². The van der Waals surface area contributed by atoms with Crippen LogP contribution in [0.3, 0.4) is 0 Å². The summed E-state index contributed by atoms with van der Waals surface area (Å²) in [6.45, 7) is -0.164. The van der Waals surface area contributed by atoms with Crippen molar-refractivity contribution in [3.05, 3.63) is 71.5 Å². The molecule has 40 heavy (non-hydrogen) atoms. The molecule has 2 aromatic carbocycles. The van der Waals surface area contributed by atoms with E-state index >= 15 is 0 Å². The highest BCUT2D eigenvalue weighted by Crippen LogP contribution is 2.42. The number of amides is 2. The first-order valence-corrected chi connectivity index (χ1v) is 11.5. The number of rotatable bonds is 9. The summed E-state index contributed by atoms with van der Waals surface area (Å²) in [4.78, 5) is 40.6. The van der Waals surface area contributed by atoms with E-state index in [0.29, 0.717) is 17.2 Å². The van der Waals surface area contributed by atoms with Gasteiger partial charge in [0.05, 0.1) is 23.4 Å². The van der Waals surface area contributed by atoms with E-state index in [2.05, 4.69) is 9.72 Å². The first-order valence-electron chi connectivity index (χ1n) is 11.5. The van der Waals surface area contributed by atoms with Crippen molar-refractivity contribution in [3.8, 4) is 16.9 Å². The molecular weight excluding hydrogens is 548 g/mol. The summed E-state index contributed by atoms with van der Waals surface area (Å²) in [7, 11) is 0. The van der Waals surface area contributed by atoms with Gasteiger partial charge < -0.3 is 25.3 Å². The Morgan fingerprint density at radius 2 is 1.62 bits per heavy atom. The third-order valence-corrected chi connectivity index (χ3v) is 5.35. The minimum absolute atomic E-state index is 0.104. The Morgan fingerprint density at radius 3 is 2.20 bits per heavy atom. The molecule has 0 radical (unpaired) electrons. The van der Waals surface area contributed by atoms with E-state index in [1.807, 2.05) is 18.3 Å². The summed E-state index contributed by atoms with van der Waals surface area (Å²) in [5.41, 5.74) is -1.01. The third kappa shape index (κ3) is 8.19. The molecule has 1 aromatic heterocycles. The number of nitrogens with zero attached hydrogens (tertiary/aromatic N) is 1. The molecule has 0 bridgehead atoms. The number of benzene rings is 2. The van der Waals surface area contributed by atoms with Crippen LogP contribution in [0.15, 0.2) is 54.7 Å². The molecule has 3 aromatic rings. The van der Waals surface area contributed by atoms with E-state index in [1.54, 1.807) is 29.7 Å². The quantitative estimate of drug-likeness (QED) is 0.207. The largest absolute Gasteiger partial charge is 0.530 e. The minimum Gasteiger partial charge on any atom is -0.530 e. The van der Waals surface area contributed by atoms with E-state index in [0.717, 1.165) is 12.1 Å². The van der Waals surface area contributed by atoms with E-state index in [-0.39, 0.29) is 11.6 Å². The van der Waals surface area contributed by atoms with Crippen LogP contribution in [0.1, 0.15) is 35.0 Å². The first kappa shape index (κ1) is 29.9. The molecule has 8 nitrogen and oxygen atoms in total. The Hall–Kier alpha value is -4.62. The van der Waals surface area contributed by atoms with Crippen molar-refractivity contribution in [1.29, 1.82) is 0 Å². The number of pyridine rings is 1. The fourth-order valence-corrected chi connectivity index (χ4v) is 3.52. The highest BCUT2D eigenvalue weighted by atomic mass is 19.4. The van der Waals surface area contributed by atoms with Gasteiger partial charge in [-0.1, -0.05) is 31.2 Å². The molecule has 0 atom stereocenters. The molecule has 212 valence electrons. The van der Waals surface area contributed by atoms with Crippen LogP contribution in [0.2, 0.25) is 0 Å². The van der Waals surface area contributed by atoms with Crippen molar-refractivity contribution >= 4 is 29.2 Å². The normalized spacial score (nSPS) is 11.6. The number of hydrogen-bond acceptors (Lipinski definition) is 6. The zero-order valence-electron chi connectivity index (χ0n) is 20.6. The Bertz CT molecular complexity index is 1410.